The minimum Gasteiger partial charge on any atom is -0.458 e. The fourth-order valence-corrected chi connectivity index (χ4v) is 8.38. The molecule has 4 aromatic rings. The summed E-state index contributed by atoms with van der Waals surface area (Å²) in [4.78, 5) is 27.4. The Morgan fingerprint density at radius 2 is 1.95 bits per heavy atom. The van der Waals surface area contributed by atoms with Crippen LogP contribution in [0.2, 0.25) is 0 Å². The first-order chi connectivity index (χ1) is 18.9. The van der Waals surface area contributed by atoms with Crippen molar-refractivity contribution in [1.82, 2.24) is 19.9 Å². The monoisotopic (exact) mass is 564 g/mol. The number of fused-ring (bicyclic) bond motifs is 1. The van der Waals surface area contributed by atoms with Crippen LogP contribution in [0.15, 0.2) is 53.2 Å². The second-order valence-electron chi connectivity index (χ2n) is 11.0. The number of benzene rings is 1. The molecule has 8 nitrogen and oxygen atoms in total. The molecule has 1 saturated heterocycles. The highest BCUT2D eigenvalue weighted by molar-refractivity contribution is 7.11. The summed E-state index contributed by atoms with van der Waals surface area (Å²) in [5, 5.41) is 24.6. The van der Waals surface area contributed by atoms with Crippen molar-refractivity contribution >= 4 is 46.0 Å². The maximum absolute atomic E-state index is 12.2. The molecule has 2 aliphatic rings. The van der Waals surface area contributed by atoms with Crippen molar-refractivity contribution in [2.75, 3.05) is 19.6 Å². The number of rotatable bonds is 10. The molecule has 4 heterocycles. The van der Waals surface area contributed by atoms with E-state index in [1.807, 2.05) is 45.8 Å². The number of carbonyl (C=O) groups is 2. The highest BCUT2D eigenvalue weighted by Crippen LogP contribution is 2.57. The third-order valence-electron chi connectivity index (χ3n) is 8.35. The van der Waals surface area contributed by atoms with E-state index in [9.17, 15) is 14.7 Å². The van der Waals surface area contributed by atoms with Gasteiger partial charge in [0.05, 0.1) is 5.52 Å². The van der Waals surface area contributed by atoms with E-state index in [1.165, 1.54) is 29.6 Å². The van der Waals surface area contributed by atoms with E-state index in [0.29, 0.717) is 5.56 Å². The van der Waals surface area contributed by atoms with Gasteiger partial charge in [0.1, 0.15) is 17.9 Å². The van der Waals surface area contributed by atoms with Gasteiger partial charge in [-0.2, -0.15) is 0 Å². The predicted octanol–water partition coefficient (Wildman–Crippen LogP) is 4.73. The zero-order valence-electron chi connectivity index (χ0n) is 21.9. The van der Waals surface area contributed by atoms with Crippen molar-refractivity contribution in [2.24, 2.45) is 11.3 Å². The summed E-state index contributed by atoms with van der Waals surface area (Å²) < 4.78 is 7.84. The Labute approximate surface area is 235 Å². The molecule has 1 aromatic carbocycles. The fraction of sp³-hybridized carbons (Fsp3) is 0.448. The first-order valence-electron chi connectivity index (χ1n) is 13.4. The van der Waals surface area contributed by atoms with Crippen LogP contribution >= 0.6 is 22.7 Å². The Kier molecular flexibility index (Phi) is 7.13. The van der Waals surface area contributed by atoms with Crippen LogP contribution in [0.25, 0.3) is 11.0 Å². The van der Waals surface area contributed by atoms with Gasteiger partial charge in [-0.25, -0.2) is 4.68 Å². The van der Waals surface area contributed by atoms with Gasteiger partial charge < -0.3 is 14.7 Å². The van der Waals surface area contributed by atoms with E-state index in [4.69, 9.17) is 4.74 Å². The van der Waals surface area contributed by atoms with Crippen molar-refractivity contribution in [3.63, 3.8) is 0 Å². The number of aryl methyl sites for hydroxylation is 1. The summed E-state index contributed by atoms with van der Waals surface area (Å²) in [6.07, 6.45) is 4.16. The predicted molar refractivity (Wildman–Crippen MR) is 151 cm³/mol. The summed E-state index contributed by atoms with van der Waals surface area (Å²) >= 11 is 3.00. The molecule has 3 aromatic heterocycles. The van der Waals surface area contributed by atoms with Crippen LogP contribution in [0, 0.1) is 11.3 Å². The van der Waals surface area contributed by atoms with Crippen LogP contribution in [0.3, 0.4) is 0 Å². The molecule has 0 bridgehead atoms. The number of thiophene rings is 2. The average Bonchev–Trinajstić information content (AvgIpc) is 3.73. The first kappa shape index (κ1) is 26.3. The maximum Gasteiger partial charge on any atom is 0.303 e. The van der Waals surface area contributed by atoms with E-state index >= 15 is 0 Å². The Hall–Kier alpha value is -2.92. The van der Waals surface area contributed by atoms with Gasteiger partial charge >= 0.3 is 5.97 Å². The van der Waals surface area contributed by atoms with Gasteiger partial charge in [-0.1, -0.05) is 17.3 Å². The van der Waals surface area contributed by atoms with Gasteiger partial charge in [-0.3, -0.25) is 9.59 Å². The molecule has 10 heteroatoms. The van der Waals surface area contributed by atoms with Crippen LogP contribution in [0.1, 0.15) is 52.7 Å². The highest BCUT2D eigenvalue weighted by atomic mass is 32.1. The third kappa shape index (κ3) is 4.95. The number of hydrogen-bond donors (Lipinski definition) is 1. The number of ether oxygens (including phenoxy) is 1. The number of aliphatic hydroxyl groups is 1. The zero-order chi connectivity index (χ0) is 27.0. The van der Waals surface area contributed by atoms with Crippen LogP contribution in [-0.2, 0) is 21.7 Å². The third-order valence-corrected chi connectivity index (χ3v) is 10.3. The Morgan fingerprint density at radius 1 is 1.21 bits per heavy atom. The van der Waals surface area contributed by atoms with Gasteiger partial charge in [0, 0.05) is 41.2 Å². The maximum atomic E-state index is 12.2. The van der Waals surface area contributed by atoms with Crippen molar-refractivity contribution in [3.8, 4) is 0 Å². The quantitative estimate of drug-likeness (QED) is 0.220. The number of carbonyl (C=O) groups excluding carboxylic acids is 2. The van der Waals surface area contributed by atoms with Crippen LogP contribution in [-0.4, -0.2) is 63.0 Å². The lowest BCUT2D eigenvalue weighted by molar-refractivity contribution is -0.178. The molecule has 1 saturated carbocycles. The van der Waals surface area contributed by atoms with Gasteiger partial charge in [0.15, 0.2) is 5.60 Å². The standard InChI is InChI=1S/C29H32N4O4S2/c1-20(35)37-27(29(36,25-5-2-13-38-25)26-6-3-14-39-26)22-16-28(17-22)9-12-32(19-28)10-4-11-33-24-8-7-21(18-34)15-23(24)30-31-33/h2-3,5-8,13-15,18,22,27,36H,4,9-12,16-17,19H2,1H3. The van der Waals surface area contributed by atoms with Gasteiger partial charge in [-0.05, 0) is 85.3 Å². The topological polar surface area (TPSA) is 97.5 Å². The molecule has 1 spiro atoms. The molecular formula is C29H32N4O4S2. The van der Waals surface area contributed by atoms with E-state index in [1.54, 1.807) is 12.1 Å². The lowest BCUT2D eigenvalue weighted by Gasteiger charge is -2.51. The summed E-state index contributed by atoms with van der Waals surface area (Å²) in [7, 11) is 0. The van der Waals surface area contributed by atoms with Gasteiger partial charge in [-0.15, -0.1) is 27.8 Å². The SMILES string of the molecule is CC(=O)OC(C1CC2(CCN(CCCn3nnc4cc(C=O)ccc43)C2)C1)C(O)(c1cccs1)c1cccs1. The smallest absolute Gasteiger partial charge is 0.303 e. The minimum absolute atomic E-state index is 0.0980. The normalized spacial score (nSPS) is 22.3. The molecule has 2 fully saturated rings. The molecule has 1 atom stereocenters. The van der Waals surface area contributed by atoms with E-state index in [0.717, 1.165) is 78.9 Å². The number of aromatic nitrogens is 3. The van der Waals surface area contributed by atoms with Crippen molar-refractivity contribution in [3.05, 3.63) is 68.5 Å². The average molecular weight is 565 g/mol. The lowest BCUT2D eigenvalue weighted by Crippen LogP contribution is -2.54. The first-order valence-corrected chi connectivity index (χ1v) is 15.1. The molecule has 0 amide bonds. The number of esters is 1. The van der Waals surface area contributed by atoms with Crippen LogP contribution in [0.5, 0.6) is 0 Å². The zero-order valence-corrected chi connectivity index (χ0v) is 23.5. The second-order valence-corrected chi connectivity index (χ2v) is 12.9. The van der Waals surface area contributed by atoms with Crippen molar-refractivity contribution in [2.45, 2.75) is 50.9 Å². The molecular weight excluding hydrogens is 532 g/mol. The molecule has 0 radical (unpaired) electrons. The number of likely N-dealkylation sites (tertiary alicyclic amines) is 1. The largest absolute Gasteiger partial charge is 0.458 e. The van der Waals surface area contributed by atoms with Gasteiger partial charge in [0.25, 0.3) is 0 Å². The van der Waals surface area contributed by atoms with E-state index in [2.05, 4.69) is 15.2 Å². The Morgan fingerprint density at radius 3 is 2.59 bits per heavy atom. The molecule has 6 rings (SSSR count). The molecule has 1 N–H and O–H groups in total. The molecule has 1 aliphatic carbocycles. The molecule has 39 heavy (non-hydrogen) atoms. The second kappa shape index (κ2) is 10.6. The van der Waals surface area contributed by atoms with Crippen molar-refractivity contribution < 1.29 is 19.4 Å². The molecule has 204 valence electrons. The summed E-state index contributed by atoms with van der Waals surface area (Å²) in [5.41, 5.74) is 1.16. The van der Waals surface area contributed by atoms with Gasteiger partial charge in [0.2, 0.25) is 0 Å². The fourth-order valence-electron chi connectivity index (χ4n) is 6.58. The summed E-state index contributed by atoms with van der Waals surface area (Å²) in [6, 6.07) is 13.2. The van der Waals surface area contributed by atoms with E-state index < -0.39 is 11.7 Å². The van der Waals surface area contributed by atoms with Crippen LogP contribution in [0.4, 0.5) is 0 Å². The Balaban J connectivity index is 1.09. The number of nitrogens with zero attached hydrogens (tertiary/aromatic N) is 4. The molecule has 1 aliphatic heterocycles. The number of hydrogen-bond acceptors (Lipinski definition) is 9. The summed E-state index contributed by atoms with van der Waals surface area (Å²) in [5.74, 6) is -0.260. The van der Waals surface area contributed by atoms with Crippen LogP contribution < -0.4 is 0 Å². The molecule has 1 unspecified atom stereocenters. The lowest BCUT2D eigenvalue weighted by atomic mass is 9.57. The Bertz CT molecular complexity index is 1410. The number of aldehydes is 1. The van der Waals surface area contributed by atoms with E-state index in [-0.39, 0.29) is 17.3 Å². The summed E-state index contributed by atoms with van der Waals surface area (Å²) in [6.45, 7) is 5.25. The minimum atomic E-state index is -1.34. The highest BCUT2D eigenvalue weighted by Gasteiger charge is 2.57. The van der Waals surface area contributed by atoms with Crippen molar-refractivity contribution in [1.29, 1.82) is 0 Å².